The molecule has 5 heteroatoms. The molecule has 5 nitrogen and oxygen atoms in total. The minimum absolute atomic E-state index is 0.0613. The van der Waals surface area contributed by atoms with Crippen LogP contribution in [0.4, 0.5) is 0 Å². The number of nitrogens with zero attached hydrogens (tertiary/aromatic N) is 4. The van der Waals surface area contributed by atoms with Crippen LogP contribution in [0.25, 0.3) is 10.4 Å². The summed E-state index contributed by atoms with van der Waals surface area (Å²) in [6.07, 6.45) is 3.23. The Morgan fingerprint density at radius 3 is 3.27 bits per heavy atom. The van der Waals surface area contributed by atoms with Crippen LogP contribution in [0.1, 0.15) is 12.8 Å². The highest BCUT2D eigenvalue weighted by molar-refractivity contribution is 5.85. The zero-order chi connectivity index (χ0) is 7.84. The van der Waals surface area contributed by atoms with Crippen molar-refractivity contribution in [3.05, 3.63) is 22.3 Å². The number of hydrogen-bond acceptors (Lipinski definition) is 2. The van der Waals surface area contributed by atoms with Crippen molar-refractivity contribution in [3.63, 3.8) is 0 Å². The number of β-lactam (4-membered cyclic amide) rings is 1. The van der Waals surface area contributed by atoms with E-state index < -0.39 is 0 Å². The Morgan fingerprint density at radius 2 is 2.64 bits per heavy atom. The van der Waals surface area contributed by atoms with Gasteiger partial charge in [0, 0.05) is 17.4 Å². The molecule has 0 N–H and O–H groups in total. The lowest BCUT2D eigenvalue weighted by atomic mass is 10.0. The zero-order valence-corrected chi connectivity index (χ0v) is 5.77. The molecule has 1 amide bonds. The van der Waals surface area contributed by atoms with E-state index in [0.717, 1.165) is 6.42 Å². The fourth-order valence-electron chi connectivity index (χ4n) is 1.46. The summed E-state index contributed by atoms with van der Waals surface area (Å²) in [6, 6.07) is 0.281. The molecule has 2 aliphatic heterocycles. The van der Waals surface area contributed by atoms with E-state index >= 15 is 0 Å². The number of carbonyl (C=O) groups excluding carboxylic acids is 1. The molecule has 1 atom stereocenters. The maximum atomic E-state index is 10.9. The number of rotatable bonds is 1. The van der Waals surface area contributed by atoms with Gasteiger partial charge in [-0.15, -0.1) is 0 Å². The molecule has 2 rings (SSSR count). The Labute approximate surface area is 62.9 Å². The lowest BCUT2D eigenvalue weighted by Crippen LogP contribution is -2.47. The molecule has 0 saturated carbocycles. The second kappa shape index (κ2) is 2.00. The first-order valence-corrected chi connectivity index (χ1v) is 3.40. The molecular formula is C6H6N4O. The number of amides is 1. The van der Waals surface area contributed by atoms with Gasteiger partial charge in [-0.25, -0.2) is 0 Å². The largest absolute Gasteiger partial charge is 0.306 e. The van der Waals surface area contributed by atoms with Crippen molar-refractivity contribution in [2.75, 3.05) is 0 Å². The second-order valence-electron chi connectivity index (χ2n) is 2.61. The molecule has 11 heavy (non-hydrogen) atoms. The van der Waals surface area contributed by atoms with Gasteiger partial charge >= 0.3 is 0 Å². The summed E-state index contributed by atoms with van der Waals surface area (Å²) in [7, 11) is 0. The Balaban J connectivity index is 2.23. The highest BCUT2D eigenvalue weighted by Gasteiger charge is 2.40. The molecule has 0 aliphatic carbocycles. The Bertz CT molecular complexity index is 289. The lowest BCUT2D eigenvalue weighted by Gasteiger charge is -2.35. The molecule has 0 unspecified atom stereocenters. The predicted octanol–water partition coefficient (Wildman–Crippen LogP) is 1.14. The molecular weight excluding hydrogens is 144 g/mol. The summed E-state index contributed by atoms with van der Waals surface area (Å²) in [5.41, 5.74) is 8.12. The predicted molar refractivity (Wildman–Crippen MR) is 37.1 cm³/mol. The van der Waals surface area contributed by atoms with Crippen molar-refractivity contribution in [1.29, 1.82) is 0 Å². The minimum Gasteiger partial charge on any atom is -0.306 e. The van der Waals surface area contributed by atoms with Gasteiger partial charge in [0.05, 0.1) is 0 Å². The van der Waals surface area contributed by atoms with E-state index in [1.807, 2.05) is 0 Å². The van der Waals surface area contributed by atoms with E-state index in [0.29, 0.717) is 12.2 Å². The highest BCUT2D eigenvalue weighted by Crippen LogP contribution is 2.33. The summed E-state index contributed by atoms with van der Waals surface area (Å²) >= 11 is 0. The first-order valence-electron chi connectivity index (χ1n) is 3.40. The SMILES string of the molecule is [N-]=[N+]=NC1=CC[C@@H]2CC(=O)N12. The standard InChI is InChI=1S/C6H6N4O/c7-9-8-5-2-1-4-3-6(11)10(4)5/h2,4H,1,3H2/t4-/m1/s1. The molecule has 1 saturated heterocycles. The lowest BCUT2D eigenvalue weighted by molar-refractivity contribution is -0.141. The summed E-state index contributed by atoms with van der Waals surface area (Å²) < 4.78 is 0. The average Bonchev–Trinajstić information content (AvgIpc) is 2.26. The van der Waals surface area contributed by atoms with Gasteiger partial charge in [-0.05, 0) is 17.1 Å². The van der Waals surface area contributed by atoms with Crippen molar-refractivity contribution in [2.45, 2.75) is 18.9 Å². The molecule has 0 aromatic carbocycles. The smallest absolute Gasteiger partial charge is 0.229 e. The Kier molecular flexibility index (Phi) is 1.14. The highest BCUT2D eigenvalue weighted by atomic mass is 16.2. The van der Waals surface area contributed by atoms with Crippen LogP contribution in [0.2, 0.25) is 0 Å². The van der Waals surface area contributed by atoms with Crippen molar-refractivity contribution in [1.82, 2.24) is 4.90 Å². The van der Waals surface area contributed by atoms with Crippen LogP contribution in [0.15, 0.2) is 17.0 Å². The quantitative estimate of drug-likeness (QED) is 0.239. The maximum absolute atomic E-state index is 10.9. The third-order valence-corrected chi connectivity index (χ3v) is 2.01. The van der Waals surface area contributed by atoms with E-state index in [2.05, 4.69) is 10.0 Å². The third kappa shape index (κ3) is 0.714. The number of carbonyl (C=O) groups is 1. The van der Waals surface area contributed by atoms with Crippen molar-refractivity contribution >= 4 is 5.91 Å². The Morgan fingerprint density at radius 1 is 1.82 bits per heavy atom. The van der Waals surface area contributed by atoms with Crippen LogP contribution in [0.3, 0.4) is 0 Å². The molecule has 0 aromatic rings. The van der Waals surface area contributed by atoms with Crippen molar-refractivity contribution in [2.24, 2.45) is 5.11 Å². The fraction of sp³-hybridized carbons (Fsp3) is 0.500. The molecule has 0 aromatic heterocycles. The van der Waals surface area contributed by atoms with Crippen LogP contribution >= 0.6 is 0 Å². The van der Waals surface area contributed by atoms with Crippen LogP contribution < -0.4 is 0 Å². The number of fused-ring (bicyclic) bond motifs is 1. The molecule has 0 bridgehead atoms. The first-order chi connectivity index (χ1) is 5.33. The summed E-state index contributed by atoms with van der Waals surface area (Å²) in [6.45, 7) is 0. The minimum atomic E-state index is 0.0613. The molecule has 56 valence electrons. The maximum Gasteiger partial charge on any atom is 0.229 e. The summed E-state index contributed by atoms with van der Waals surface area (Å²) in [5, 5.41) is 3.40. The molecule has 2 aliphatic rings. The van der Waals surface area contributed by atoms with Gasteiger partial charge in [-0.2, -0.15) is 0 Å². The zero-order valence-electron chi connectivity index (χ0n) is 5.77. The summed E-state index contributed by atoms with van der Waals surface area (Å²) in [5.74, 6) is 0.542. The fourth-order valence-corrected chi connectivity index (χ4v) is 1.46. The van der Waals surface area contributed by atoms with Gasteiger partial charge in [-0.1, -0.05) is 6.08 Å². The topological polar surface area (TPSA) is 69.1 Å². The number of hydrogen-bond donors (Lipinski definition) is 0. The van der Waals surface area contributed by atoms with E-state index in [1.165, 1.54) is 0 Å². The van der Waals surface area contributed by atoms with E-state index in [-0.39, 0.29) is 11.9 Å². The molecule has 1 fully saturated rings. The van der Waals surface area contributed by atoms with E-state index in [9.17, 15) is 4.79 Å². The van der Waals surface area contributed by atoms with E-state index in [1.54, 1.807) is 11.0 Å². The molecule has 0 radical (unpaired) electrons. The first kappa shape index (κ1) is 6.24. The van der Waals surface area contributed by atoms with Gasteiger partial charge < -0.3 is 4.90 Å². The van der Waals surface area contributed by atoms with E-state index in [4.69, 9.17) is 5.53 Å². The Hall–Kier alpha value is -1.48. The normalized spacial score (nSPS) is 26.9. The van der Waals surface area contributed by atoms with Gasteiger partial charge in [0.2, 0.25) is 5.91 Å². The number of azide groups is 1. The van der Waals surface area contributed by atoms with Gasteiger partial charge in [0.15, 0.2) is 0 Å². The van der Waals surface area contributed by atoms with Crippen LogP contribution in [-0.2, 0) is 4.79 Å². The molecule has 2 heterocycles. The van der Waals surface area contributed by atoms with Crippen LogP contribution in [0.5, 0.6) is 0 Å². The van der Waals surface area contributed by atoms with Crippen LogP contribution in [-0.4, -0.2) is 16.8 Å². The summed E-state index contributed by atoms with van der Waals surface area (Å²) in [4.78, 5) is 15.1. The van der Waals surface area contributed by atoms with Crippen molar-refractivity contribution < 1.29 is 4.79 Å². The van der Waals surface area contributed by atoms with Gasteiger partial charge in [-0.3, -0.25) is 4.79 Å². The van der Waals surface area contributed by atoms with Crippen molar-refractivity contribution in [3.8, 4) is 0 Å². The molecule has 0 spiro atoms. The monoisotopic (exact) mass is 150 g/mol. The van der Waals surface area contributed by atoms with Gasteiger partial charge in [0.25, 0.3) is 0 Å². The average molecular weight is 150 g/mol. The second-order valence-corrected chi connectivity index (χ2v) is 2.61. The third-order valence-electron chi connectivity index (χ3n) is 2.01. The van der Waals surface area contributed by atoms with Gasteiger partial charge in [0.1, 0.15) is 5.82 Å². The van der Waals surface area contributed by atoms with Crippen LogP contribution in [0, 0.1) is 0 Å².